The molecule has 6 rings (SSSR count). The fourth-order valence-electron chi connectivity index (χ4n) is 6.48. The number of primary amides is 1. The Morgan fingerprint density at radius 2 is 1.65 bits per heavy atom. The Morgan fingerprint density at radius 3 is 2.35 bits per heavy atom. The molecule has 9 heteroatoms. The standard InChI is InChI=1S/C39H38ClFN4O3/c1-2-9-29(36(42)46)31(21-24-16-17-24)38(47)44-37-39(48)45(23-25-10-8-13-27(20-25)28-18-19-33(41)32(40)22-28)34-15-7-6-14-30(34)35(43-37)26-11-4-3-5-12-26/h3-8,10-15,18-20,22,24,29,31,37H,2,9,16-17,21,23H2,1H3,(H2,42,46)(H,44,47)/t29-,31+,37?/m0/s1. The summed E-state index contributed by atoms with van der Waals surface area (Å²) in [5, 5.41) is 2.98. The molecule has 7 nitrogen and oxygen atoms in total. The molecule has 48 heavy (non-hydrogen) atoms. The number of nitrogens with zero attached hydrogens (tertiary/aromatic N) is 2. The molecule has 1 unspecified atom stereocenters. The minimum absolute atomic E-state index is 0.0243. The highest BCUT2D eigenvalue weighted by atomic mass is 35.5. The molecule has 0 radical (unpaired) electrons. The summed E-state index contributed by atoms with van der Waals surface area (Å²) in [4.78, 5) is 47.8. The van der Waals surface area contributed by atoms with Gasteiger partial charge < -0.3 is 16.0 Å². The summed E-state index contributed by atoms with van der Waals surface area (Å²) >= 11 is 6.08. The molecule has 3 atom stereocenters. The number of anilines is 1. The van der Waals surface area contributed by atoms with E-state index in [4.69, 9.17) is 22.3 Å². The predicted molar refractivity (Wildman–Crippen MR) is 187 cm³/mol. The molecule has 1 saturated carbocycles. The number of halogens is 2. The number of aliphatic imine (C=N–C) groups is 1. The molecule has 3 N–H and O–H groups in total. The van der Waals surface area contributed by atoms with Gasteiger partial charge in [0.15, 0.2) is 0 Å². The highest BCUT2D eigenvalue weighted by molar-refractivity contribution is 6.31. The number of benzodiazepines with no additional fused rings is 1. The van der Waals surface area contributed by atoms with Crippen LogP contribution in [0, 0.1) is 23.6 Å². The van der Waals surface area contributed by atoms with Crippen molar-refractivity contribution in [3.63, 3.8) is 0 Å². The number of hydrogen-bond acceptors (Lipinski definition) is 4. The van der Waals surface area contributed by atoms with Crippen molar-refractivity contribution in [2.75, 3.05) is 4.90 Å². The lowest BCUT2D eigenvalue weighted by atomic mass is 9.83. The Kier molecular flexibility index (Phi) is 10.0. The van der Waals surface area contributed by atoms with E-state index in [1.54, 1.807) is 17.0 Å². The van der Waals surface area contributed by atoms with Crippen LogP contribution in [0.25, 0.3) is 11.1 Å². The molecule has 1 aliphatic heterocycles. The average molecular weight is 665 g/mol. The first kappa shape index (κ1) is 33.1. The fraction of sp³-hybridized carbons (Fsp3) is 0.282. The van der Waals surface area contributed by atoms with E-state index in [9.17, 15) is 18.8 Å². The second-order valence-corrected chi connectivity index (χ2v) is 13.0. The molecule has 246 valence electrons. The Balaban J connectivity index is 1.39. The third-order valence-corrected chi connectivity index (χ3v) is 9.42. The van der Waals surface area contributed by atoms with Crippen LogP contribution in [0.5, 0.6) is 0 Å². The monoisotopic (exact) mass is 664 g/mol. The maximum Gasteiger partial charge on any atom is 0.272 e. The number of carbonyl (C=O) groups is 3. The van der Waals surface area contributed by atoms with Crippen LogP contribution in [0.3, 0.4) is 0 Å². The van der Waals surface area contributed by atoms with Gasteiger partial charge in [-0.15, -0.1) is 0 Å². The predicted octanol–water partition coefficient (Wildman–Crippen LogP) is 7.29. The smallest absolute Gasteiger partial charge is 0.272 e. The lowest BCUT2D eigenvalue weighted by Gasteiger charge is -2.28. The summed E-state index contributed by atoms with van der Waals surface area (Å²) < 4.78 is 13.9. The van der Waals surface area contributed by atoms with Gasteiger partial charge in [-0.05, 0) is 59.7 Å². The van der Waals surface area contributed by atoms with Crippen molar-refractivity contribution in [2.24, 2.45) is 28.5 Å². The number of carbonyl (C=O) groups excluding carboxylic acids is 3. The minimum Gasteiger partial charge on any atom is -0.369 e. The highest BCUT2D eigenvalue weighted by Crippen LogP contribution is 2.39. The summed E-state index contributed by atoms with van der Waals surface area (Å²) in [5.74, 6) is -2.74. The second-order valence-electron chi connectivity index (χ2n) is 12.6. The normalized spacial score (nSPS) is 17.1. The number of amides is 3. The zero-order chi connectivity index (χ0) is 33.8. The first-order chi connectivity index (χ1) is 23.2. The van der Waals surface area contributed by atoms with E-state index in [0.717, 1.165) is 40.7 Å². The van der Waals surface area contributed by atoms with Gasteiger partial charge in [0, 0.05) is 23.0 Å². The number of fused-ring (bicyclic) bond motifs is 1. The number of nitrogens with one attached hydrogen (secondary N) is 1. The van der Waals surface area contributed by atoms with E-state index in [0.29, 0.717) is 36.6 Å². The molecule has 0 bridgehead atoms. The van der Waals surface area contributed by atoms with Crippen molar-refractivity contribution in [1.82, 2.24) is 5.32 Å². The van der Waals surface area contributed by atoms with Gasteiger partial charge in [-0.25, -0.2) is 9.38 Å². The highest BCUT2D eigenvalue weighted by Gasteiger charge is 2.40. The zero-order valence-electron chi connectivity index (χ0n) is 26.7. The van der Waals surface area contributed by atoms with Gasteiger partial charge in [0.2, 0.25) is 18.0 Å². The number of rotatable bonds is 12. The van der Waals surface area contributed by atoms with E-state index in [1.807, 2.05) is 85.8 Å². The molecule has 4 aromatic carbocycles. The van der Waals surface area contributed by atoms with Gasteiger partial charge in [0.05, 0.1) is 23.0 Å². The molecule has 1 heterocycles. The van der Waals surface area contributed by atoms with E-state index in [2.05, 4.69) is 5.32 Å². The quantitative estimate of drug-likeness (QED) is 0.166. The maximum atomic E-state index is 14.6. The van der Waals surface area contributed by atoms with Crippen molar-refractivity contribution < 1.29 is 18.8 Å². The molecular formula is C39H38ClFN4O3. The first-order valence-electron chi connectivity index (χ1n) is 16.4. The van der Waals surface area contributed by atoms with Crippen LogP contribution in [0.1, 0.15) is 55.7 Å². The molecule has 0 aromatic heterocycles. The SMILES string of the molecule is CCC[C@H](C(N)=O)[C@@H](CC1CC1)C(=O)NC1N=C(c2ccccc2)c2ccccc2N(Cc2cccc(-c3ccc(F)c(Cl)c3)c2)C1=O. The van der Waals surface area contributed by atoms with Crippen LogP contribution in [-0.2, 0) is 20.9 Å². The Labute approximate surface area is 285 Å². The van der Waals surface area contributed by atoms with E-state index in [1.165, 1.54) is 6.07 Å². The molecule has 0 spiro atoms. The molecule has 1 aliphatic carbocycles. The third-order valence-electron chi connectivity index (χ3n) is 9.13. The molecular weight excluding hydrogens is 627 g/mol. The van der Waals surface area contributed by atoms with Crippen molar-refractivity contribution >= 4 is 40.7 Å². The van der Waals surface area contributed by atoms with Crippen molar-refractivity contribution in [1.29, 1.82) is 0 Å². The summed E-state index contributed by atoms with van der Waals surface area (Å²) in [6.07, 6.45) is 2.49. The second kappa shape index (κ2) is 14.5. The lowest BCUT2D eigenvalue weighted by molar-refractivity contribution is -0.135. The van der Waals surface area contributed by atoms with Gasteiger partial charge in [0.25, 0.3) is 5.91 Å². The number of nitrogens with two attached hydrogens (primary N) is 1. The Morgan fingerprint density at radius 1 is 0.938 bits per heavy atom. The van der Waals surface area contributed by atoms with Crippen molar-refractivity contribution in [3.05, 3.63) is 125 Å². The largest absolute Gasteiger partial charge is 0.369 e. The third kappa shape index (κ3) is 7.34. The van der Waals surface area contributed by atoms with Gasteiger partial charge in [-0.2, -0.15) is 0 Å². The molecule has 1 fully saturated rings. The van der Waals surface area contributed by atoms with E-state index < -0.39 is 41.5 Å². The number of para-hydroxylation sites is 1. The van der Waals surface area contributed by atoms with Crippen LogP contribution in [0.2, 0.25) is 5.02 Å². The fourth-order valence-corrected chi connectivity index (χ4v) is 6.66. The van der Waals surface area contributed by atoms with Crippen molar-refractivity contribution in [2.45, 2.75) is 51.7 Å². The summed E-state index contributed by atoms with van der Waals surface area (Å²) in [6, 6.07) is 29.3. The topological polar surface area (TPSA) is 105 Å². The molecule has 2 aliphatic rings. The Hall–Kier alpha value is -4.82. The minimum atomic E-state index is -1.25. The number of hydrogen-bond donors (Lipinski definition) is 2. The van der Waals surface area contributed by atoms with Crippen LogP contribution in [0.4, 0.5) is 10.1 Å². The summed E-state index contributed by atoms with van der Waals surface area (Å²) in [7, 11) is 0. The van der Waals surface area contributed by atoms with Crippen LogP contribution in [-0.4, -0.2) is 29.6 Å². The molecule has 3 amide bonds. The number of benzene rings is 4. The van der Waals surface area contributed by atoms with Crippen LogP contribution in [0.15, 0.2) is 102 Å². The molecule has 0 saturated heterocycles. The van der Waals surface area contributed by atoms with Crippen molar-refractivity contribution in [3.8, 4) is 11.1 Å². The van der Waals surface area contributed by atoms with E-state index >= 15 is 0 Å². The summed E-state index contributed by atoms with van der Waals surface area (Å²) in [6.45, 7) is 2.13. The summed E-state index contributed by atoms with van der Waals surface area (Å²) in [5.41, 5.74) is 10.9. The zero-order valence-corrected chi connectivity index (χ0v) is 27.5. The molecule has 4 aromatic rings. The van der Waals surface area contributed by atoms with Crippen LogP contribution < -0.4 is 16.0 Å². The van der Waals surface area contributed by atoms with Gasteiger partial charge in [-0.3, -0.25) is 14.4 Å². The van der Waals surface area contributed by atoms with Gasteiger partial charge in [0.1, 0.15) is 5.82 Å². The van der Waals surface area contributed by atoms with Gasteiger partial charge in [-0.1, -0.05) is 111 Å². The lowest BCUT2D eigenvalue weighted by Crippen LogP contribution is -2.50. The van der Waals surface area contributed by atoms with E-state index in [-0.39, 0.29) is 11.6 Å². The maximum absolute atomic E-state index is 14.6. The van der Waals surface area contributed by atoms with Crippen LogP contribution >= 0.6 is 11.6 Å². The van der Waals surface area contributed by atoms with Gasteiger partial charge >= 0.3 is 0 Å². The Bertz CT molecular complexity index is 1860. The first-order valence-corrected chi connectivity index (χ1v) is 16.8. The average Bonchev–Trinajstić information content (AvgIpc) is 3.93.